The molecule has 4 nitrogen and oxygen atoms in total. The van der Waals surface area contributed by atoms with Crippen molar-refractivity contribution >= 4 is 39.2 Å². The van der Waals surface area contributed by atoms with Gasteiger partial charge in [0.1, 0.15) is 3.70 Å². The molecule has 0 bridgehead atoms. The summed E-state index contributed by atoms with van der Waals surface area (Å²) in [5, 5.41) is 21.1. The van der Waals surface area contributed by atoms with Crippen LogP contribution in [0, 0.1) is 15.0 Å². The highest BCUT2D eigenvalue weighted by Crippen LogP contribution is 2.34. The Balaban J connectivity index is 1.66. The summed E-state index contributed by atoms with van der Waals surface area (Å²) in [6.07, 6.45) is 3.31. The number of anilines is 1. The molecule has 114 valence electrons. The van der Waals surface area contributed by atoms with Crippen LogP contribution < -0.4 is 5.32 Å². The van der Waals surface area contributed by atoms with Crippen molar-refractivity contribution in [2.75, 3.05) is 5.32 Å². The summed E-state index contributed by atoms with van der Waals surface area (Å²) in [4.78, 5) is 0. The molecule has 4 rings (SSSR count). The summed E-state index contributed by atoms with van der Waals surface area (Å²) in [5.41, 5.74) is 5.53. The average molecular weight is 414 g/mol. The van der Waals surface area contributed by atoms with Gasteiger partial charge < -0.3 is 5.32 Å². The van der Waals surface area contributed by atoms with Crippen LogP contribution in [0.5, 0.6) is 0 Å². The maximum absolute atomic E-state index is 9.07. The van der Waals surface area contributed by atoms with Crippen LogP contribution in [-0.2, 0) is 6.42 Å². The van der Waals surface area contributed by atoms with Crippen LogP contribution in [0.15, 0.2) is 36.4 Å². The van der Waals surface area contributed by atoms with Crippen LogP contribution in [-0.4, -0.2) is 10.2 Å². The first-order valence-electron chi connectivity index (χ1n) is 7.68. The predicted molar refractivity (Wildman–Crippen MR) is 99.3 cm³/mol. The topological polar surface area (TPSA) is 64.5 Å². The number of nitrogens with one attached hydrogen (secondary N) is 2. The van der Waals surface area contributed by atoms with Crippen LogP contribution in [0.4, 0.5) is 5.69 Å². The Kier molecular flexibility index (Phi) is 3.69. The summed E-state index contributed by atoms with van der Waals surface area (Å²) in [7, 11) is 0. The van der Waals surface area contributed by atoms with Crippen molar-refractivity contribution in [3.8, 4) is 6.07 Å². The molecule has 0 unspecified atom stereocenters. The first kappa shape index (κ1) is 14.5. The molecule has 0 saturated carbocycles. The third-order valence-electron chi connectivity index (χ3n) is 4.44. The predicted octanol–water partition coefficient (Wildman–Crippen LogP) is 4.53. The number of hydrogen-bond acceptors (Lipinski definition) is 3. The van der Waals surface area contributed by atoms with Crippen LogP contribution >= 0.6 is 22.6 Å². The van der Waals surface area contributed by atoms with E-state index in [2.05, 4.69) is 68.4 Å². The first-order chi connectivity index (χ1) is 11.2. The second-order valence-corrected chi connectivity index (χ2v) is 6.91. The summed E-state index contributed by atoms with van der Waals surface area (Å²) >= 11 is 2.25. The van der Waals surface area contributed by atoms with Gasteiger partial charge in [-0.3, -0.25) is 5.10 Å². The third-order valence-corrected chi connectivity index (χ3v) is 5.27. The van der Waals surface area contributed by atoms with E-state index in [1.807, 2.05) is 12.1 Å². The summed E-state index contributed by atoms with van der Waals surface area (Å²) in [6, 6.07) is 14.9. The number of aryl methyl sites for hydroxylation is 1. The minimum atomic E-state index is 0.300. The molecule has 5 heteroatoms. The third kappa shape index (κ3) is 2.68. The second kappa shape index (κ2) is 5.85. The number of hydrogen-bond donors (Lipinski definition) is 2. The van der Waals surface area contributed by atoms with E-state index in [4.69, 9.17) is 5.26 Å². The molecule has 2 aromatic carbocycles. The number of benzene rings is 2. The zero-order valence-electron chi connectivity index (χ0n) is 12.4. The normalized spacial score (nSPS) is 16.8. The molecular weight excluding hydrogens is 399 g/mol. The van der Waals surface area contributed by atoms with Crippen LogP contribution in [0.25, 0.3) is 10.9 Å². The van der Waals surface area contributed by atoms with Crippen molar-refractivity contribution in [1.29, 1.82) is 5.26 Å². The standard InChI is InChI=1S/C18H15IN4/c19-18-15-9-13(5-7-17(15)22-23-18)21-16-3-1-2-12-8-11(10-20)4-6-14(12)16/h4-9,16,21H,1-3H2,(H,22,23)/t16-/m1/s1. The fourth-order valence-electron chi connectivity index (χ4n) is 3.31. The zero-order valence-corrected chi connectivity index (χ0v) is 14.6. The monoisotopic (exact) mass is 414 g/mol. The zero-order chi connectivity index (χ0) is 15.8. The summed E-state index contributed by atoms with van der Waals surface area (Å²) in [6.45, 7) is 0. The lowest BCUT2D eigenvalue weighted by molar-refractivity contribution is 0.600. The van der Waals surface area contributed by atoms with Gasteiger partial charge >= 0.3 is 0 Å². The number of nitriles is 1. The highest BCUT2D eigenvalue weighted by molar-refractivity contribution is 14.1. The van der Waals surface area contributed by atoms with E-state index < -0.39 is 0 Å². The fourth-order valence-corrected chi connectivity index (χ4v) is 3.87. The van der Waals surface area contributed by atoms with E-state index in [9.17, 15) is 0 Å². The minimum Gasteiger partial charge on any atom is -0.378 e. The molecule has 0 radical (unpaired) electrons. The Morgan fingerprint density at radius 2 is 2.17 bits per heavy atom. The van der Waals surface area contributed by atoms with E-state index in [-0.39, 0.29) is 0 Å². The van der Waals surface area contributed by atoms with Gasteiger partial charge in [0, 0.05) is 11.1 Å². The van der Waals surface area contributed by atoms with E-state index in [1.165, 1.54) is 11.1 Å². The highest BCUT2D eigenvalue weighted by Gasteiger charge is 2.20. The van der Waals surface area contributed by atoms with Gasteiger partial charge in [0.25, 0.3) is 0 Å². The molecule has 1 atom stereocenters. The van der Waals surface area contributed by atoms with Crippen LogP contribution in [0.1, 0.15) is 35.6 Å². The lowest BCUT2D eigenvalue weighted by Gasteiger charge is -2.27. The van der Waals surface area contributed by atoms with Crippen molar-refractivity contribution in [2.45, 2.75) is 25.3 Å². The lowest BCUT2D eigenvalue weighted by atomic mass is 9.86. The van der Waals surface area contributed by atoms with Crippen molar-refractivity contribution in [3.05, 3.63) is 56.8 Å². The largest absolute Gasteiger partial charge is 0.378 e. The lowest BCUT2D eigenvalue weighted by Crippen LogP contribution is -2.17. The molecule has 1 aliphatic carbocycles. The number of rotatable bonds is 2. The highest BCUT2D eigenvalue weighted by atomic mass is 127. The number of aromatic amines is 1. The molecule has 0 spiro atoms. The molecule has 0 aliphatic heterocycles. The van der Waals surface area contributed by atoms with Crippen LogP contribution in [0.2, 0.25) is 0 Å². The SMILES string of the molecule is N#Cc1ccc2c(c1)CCC[C@H]2Nc1ccc2[nH]nc(I)c2c1. The Labute approximate surface area is 148 Å². The Hall–Kier alpha value is -2.07. The van der Waals surface area contributed by atoms with E-state index >= 15 is 0 Å². The molecule has 2 N–H and O–H groups in total. The second-order valence-electron chi connectivity index (χ2n) is 5.89. The number of H-pyrrole nitrogens is 1. The van der Waals surface area contributed by atoms with Gasteiger partial charge in [-0.25, -0.2) is 0 Å². The molecule has 1 aromatic heterocycles. The van der Waals surface area contributed by atoms with Gasteiger partial charge in [-0.15, -0.1) is 0 Å². The van der Waals surface area contributed by atoms with Gasteiger partial charge in [0.05, 0.1) is 23.2 Å². The smallest absolute Gasteiger partial charge is 0.131 e. The fraction of sp³-hybridized carbons (Fsp3) is 0.222. The maximum atomic E-state index is 9.07. The van der Waals surface area contributed by atoms with Gasteiger partial charge in [-0.2, -0.15) is 10.4 Å². The Bertz CT molecular complexity index is 922. The molecule has 1 aliphatic rings. The number of fused-ring (bicyclic) bond motifs is 2. The van der Waals surface area contributed by atoms with Gasteiger partial charge in [0.2, 0.25) is 0 Å². The molecule has 3 aromatic rings. The number of halogens is 1. The first-order valence-corrected chi connectivity index (χ1v) is 8.75. The molecule has 1 heterocycles. The van der Waals surface area contributed by atoms with Gasteiger partial charge in [-0.1, -0.05) is 6.07 Å². The summed E-state index contributed by atoms with van der Waals surface area (Å²) in [5.74, 6) is 0. The number of nitrogens with zero attached hydrogens (tertiary/aromatic N) is 2. The minimum absolute atomic E-state index is 0.300. The van der Waals surface area contributed by atoms with Gasteiger partial charge in [-0.05, 0) is 83.3 Å². The summed E-state index contributed by atoms with van der Waals surface area (Å²) < 4.78 is 0.990. The van der Waals surface area contributed by atoms with Crippen molar-refractivity contribution in [2.24, 2.45) is 0 Å². The molecule has 0 fully saturated rings. The number of aromatic nitrogens is 2. The van der Waals surface area contributed by atoms with Crippen molar-refractivity contribution in [3.63, 3.8) is 0 Å². The van der Waals surface area contributed by atoms with Crippen LogP contribution in [0.3, 0.4) is 0 Å². The molecular formula is C18H15IN4. The molecule has 0 saturated heterocycles. The van der Waals surface area contributed by atoms with Gasteiger partial charge in [0.15, 0.2) is 0 Å². The molecule has 0 amide bonds. The quantitative estimate of drug-likeness (QED) is 0.606. The van der Waals surface area contributed by atoms with Crippen molar-refractivity contribution < 1.29 is 0 Å². The van der Waals surface area contributed by atoms with E-state index in [1.54, 1.807) is 0 Å². The Morgan fingerprint density at radius 3 is 3.04 bits per heavy atom. The maximum Gasteiger partial charge on any atom is 0.131 e. The van der Waals surface area contributed by atoms with Crippen molar-refractivity contribution in [1.82, 2.24) is 10.2 Å². The average Bonchev–Trinajstić information content (AvgIpc) is 2.95. The van der Waals surface area contributed by atoms with E-state index in [0.717, 1.165) is 45.1 Å². The Morgan fingerprint density at radius 1 is 1.26 bits per heavy atom. The van der Waals surface area contributed by atoms with E-state index in [0.29, 0.717) is 6.04 Å². The molecule has 23 heavy (non-hydrogen) atoms.